The first-order chi connectivity index (χ1) is 11.4. The Kier molecular flexibility index (Phi) is 3.98. The number of esters is 1. The summed E-state index contributed by atoms with van der Waals surface area (Å²) < 4.78 is 5.05. The molecule has 1 aromatic heterocycles. The standard InChI is InChI=1S/C16H15N3O4S/c1-7-10(15(22)23-2)11(8-3-5-9(20)6-4-8)12-13(17-7)18-16(24)19-14(12)21/h3-6,10-11,20H,1H2,2H3,(H3,17,18,19,21,24)/t10-,11-/m1/s1. The molecule has 0 unspecified atom stereocenters. The van der Waals surface area contributed by atoms with E-state index in [0.29, 0.717) is 22.6 Å². The minimum absolute atomic E-state index is 0.0859. The summed E-state index contributed by atoms with van der Waals surface area (Å²) in [6, 6.07) is 6.29. The minimum atomic E-state index is -0.794. The summed E-state index contributed by atoms with van der Waals surface area (Å²) in [7, 11) is 1.28. The first-order valence-corrected chi connectivity index (χ1v) is 7.52. The van der Waals surface area contributed by atoms with E-state index >= 15 is 0 Å². The maximum Gasteiger partial charge on any atom is 0.315 e. The summed E-state index contributed by atoms with van der Waals surface area (Å²) >= 11 is 4.99. The van der Waals surface area contributed by atoms with Crippen LogP contribution < -0.4 is 10.9 Å². The molecule has 4 N–H and O–H groups in total. The molecule has 8 heteroatoms. The molecule has 0 saturated heterocycles. The third-order valence-corrected chi connectivity index (χ3v) is 4.20. The van der Waals surface area contributed by atoms with Crippen molar-refractivity contribution in [1.29, 1.82) is 0 Å². The van der Waals surface area contributed by atoms with Gasteiger partial charge < -0.3 is 20.1 Å². The van der Waals surface area contributed by atoms with Crippen molar-refractivity contribution in [3.63, 3.8) is 0 Å². The summed E-state index contributed by atoms with van der Waals surface area (Å²) in [4.78, 5) is 30.2. The molecule has 0 fully saturated rings. The van der Waals surface area contributed by atoms with Gasteiger partial charge in [0.15, 0.2) is 4.77 Å². The third kappa shape index (κ3) is 2.61. The Hall–Kier alpha value is -2.87. The lowest BCUT2D eigenvalue weighted by Crippen LogP contribution is -2.37. The van der Waals surface area contributed by atoms with E-state index in [4.69, 9.17) is 17.0 Å². The molecule has 0 spiro atoms. The van der Waals surface area contributed by atoms with Crippen LogP contribution in [0.2, 0.25) is 0 Å². The molecule has 7 nitrogen and oxygen atoms in total. The van der Waals surface area contributed by atoms with Crippen LogP contribution in [0, 0.1) is 10.7 Å². The highest BCUT2D eigenvalue weighted by atomic mass is 32.1. The topological polar surface area (TPSA) is 107 Å². The van der Waals surface area contributed by atoms with Crippen molar-refractivity contribution in [3.05, 3.63) is 62.8 Å². The van der Waals surface area contributed by atoms with Gasteiger partial charge in [0.1, 0.15) is 17.5 Å². The Morgan fingerprint density at radius 2 is 1.96 bits per heavy atom. The van der Waals surface area contributed by atoms with Crippen LogP contribution in [0.15, 0.2) is 41.3 Å². The number of anilines is 1. The molecule has 2 aromatic rings. The Labute approximate surface area is 142 Å². The Morgan fingerprint density at radius 3 is 2.58 bits per heavy atom. The van der Waals surface area contributed by atoms with Gasteiger partial charge in [0.25, 0.3) is 5.56 Å². The molecule has 0 aliphatic carbocycles. The Morgan fingerprint density at radius 1 is 1.29 bits per heavy atom. The molecular formula is C16H15N3O4S. The molecule has 0 saturated carbocycles. The van der Waals surface area contributed by atoms with E-state index in [0.717, 1.165) is 0 Å². The number of aromatic nitrogens is 2. The van der Waals surface area contributed by atoms with Crippen LogP contribution in [0.4, 0.5) is 5.82 Å². The first kappa shape index (κ1) is 16.0. The van der Waals surface area contributed by atoms with Crippen molar-refractivity contribution < 1.29 is 14.6 Å². The number of carbonyl (C=O) groups excluding carboxylic acids is 1. The zero-order chi connectivity index (χ0) is 17.4. The number of ether oxygens (including phenoxy) is 1. The third-order valence-electron chi connectivity index (χ3n) is 3.99. The molecule has 24 heavy (non-hydrogen) atoms. The number of nitrogens with one attached hydrogen (secondary N) is 3. The monoisotopic (exact) mass is 345 g/mol. The second-order valence-electron chi connectivity index (χ2n) is 5.42. The van der Waals surface area contributed by atoms with Crippen molar-refractivity contribution in [3.8, 4) is 5.75 Å². The highest BCUT2D eigenvalue weighted by Crippen LogP contribution is 2.42. The van der Waals surface area contributed by atoms with E-state index in [9.17, 15) is 14.7 Å². The van der Waals surface area contributed by atoms with Gasteiger partial charge >= 0.3 is 5.97 Å². The number of aromatic amines is 2. The average molecular weight is 345 g/mol. The predicted octanol–water partition coefficient (Wildman–Crippen LogP) is 2.00. The predicted molar refractivity (Wildman–Crippen MR) is 90.5 cm³/mol. The van der Waals surface area contributed by atoms with Gasteiger partial charge in [-0.05, 0) is 29.9 Å². The Balaban J connectivity index is 2.28. The number of hydrogen-bond donors (Lipinski definition) is 4. The highest BCUT2D eigenvalue weighted by Gasteiger charge is 2.41. The normalized spacial score (nSPS) is 19.3. The molecule has 2 atom stereocenters. The molecule has 0 amide bonds. The Bertz CT molecular complexity index is 930. The number of phenols is 1. The highest BCUT2D eigenvalue weighted by molar-refractivity contribution is 7.71. The van der Waals surface area contributed by atoms with Crippen LogP contribution in [0.25, 0.3) is 0 Å². The number of methoxy groups -OCH3 is 1. The van der Waals surface area contributed by atoms with E-state index in [1.807, 2.05) is 0 Å². The fraction of sp³-hybridized carbons (Fsp3) is 0.188. The quantitative estimate of drug-likeness (QED) is 0.490. The second-order valence-corrected chi connectivity index (χ2v) is 5.83. The molecule has 3 rings (SSSR count). The zero-order valence-electron chi connectivity index (χ0n) is 12.8. The van der Waals surface area contributed by atoms with Crippen LogP contribution in [0.1, 0.15) is 17.0 Å². The van der Waals surface area contributed by atoms with Crippen LogP contribution in [-0.4, -0.2) is 28.2 Å². The lowest BCUT2D eigenvalue weighted by molar-refractivity contribution is -0.144. The molecule has 2 heterocycles. The number of hydrogen-bond acceptors (Lipinski definition) is 6. The van der Waals surface area contributed by atoms with Crippen LogP contribution in [-0.2, 0) is 9.53 Å². The van der Waals surface area contributed by atoms with E-state index < -0.39 is 23.4 Å². The van der Waals surface area contributed by atoms with Crippen LogP contribution in [0.5, 0.6) is 5.75 Å². The minimum Gasteiger partial charge on any atom is -0.508 e. The SMILES string of the molecule is C=C1Nc2[nH]c(=S)[nH]c(=O)c2[C@H](c2ccc(O)cc2)[C@@H]1C(=O)OC. The number of aromatic hydroxyl groups is 1. The maximum absolute atomic E-state index is 12.5. The lowest BCUT2D eigenvalue weighted by Gasteiger charge is -2.33. The van der Waals surface area contributed by atoms with Gasteiger partial charge in [-0.1, -0.05) is 18.7 Å². The van der Waals surface area contributed by atoms with Gasteiger partial charge in [-0.2, -0.15) is 0 Å². The fourth-order valence-corrected chi connectivity index (χ4v) is 3.14. The number of H-pyrrole nitrogens is 2. The summed E-state index contributed by atoms with van der Waals surface area (Å²) in [5.41, 5.74) is 0.990. The van der Waals surface area contributed by atoms with E-state index in [-0.39, 0.29) is 10.5 Å². The zero-order valence-corrected chi connectivity index (χ0v) is 13.6. The summed E-state index contributed by atoms with van der Waals surface area (Å²) in [5, 5.41) is 12.4. The number of rotatable bonds is 2. The largest absolute Gasteiger partial charge is 0.508 e. The summed E-state index contributed by atoms with van der Waals surface area (Å²) in [6.07, 6.45) is 0. The van der Waals surface area contributed by atoms with E-state index in [2.05, 4.69) is 21.9 Å². The molecule has 1 aliphatic heterocycles. The first-order valence-electron chi connectivity index (χ1n) is 7.11. The van der Waals surface area contributed by atoms with Crippen LogP contribution in [0.3, 0.4) is 0 Å². The number of benzene rings is 1. The molecule has 0 bridgehead atoms. The van der Waals surface area contributed by atoms with E-state index in [1.165, 1.54) is 19.2 Å². The van der Waals surface area contributed by atoms with Gasteiger partial charge in [0, 0.05) is 11.6 Å². The van der Waals surface area contributed by atoms with E-state index in [1.54, 1.807) is 12.1 Å². The molecular weight excluding hydrogens is 330 g/mol. The molecule has 124 valence electrons. The summed E-state index contributed by atoms with van der Waals surface area (Å²) in [5.74, 6) is -1.46. The van der Waals surface area contributed by atoms with Crippen molar-refractivity contribution >= 4 is 24.0 Å². The van der Waals surface area contributed by atoms with Crippen molar-refractivity contribution in [2.24, 2.45) is 5.92 Å². The summed E-state index contributed by atoms with van der Waals surface area (Å²) in [6.45, 7) is 3.89. The average Bonchev–Trinajstić information content (AvgIpc) is 2.53. The molecule has 1 aliphatic rings. The molecule has 1 aromatic carbocycles. The van der Waals surface area contributed by atoms with Crippen molar-refractivity contribution in [2.45, 2.75) is 5.92 Å². The van der Waals surface area contributed by atoms with Crippen LogP contribution >= 0.6 is 12.2 Å². The van der Waals surface area contributed by atoms with Crippen molar-refractivity contribution in [1.82, 2.24) is 9.97 Å². The molecule has 0 radical (unpaired) electrons. The number of phenolic OH excluding ortho intramolecular Hbond substituents is 1. The van der Waals surface area contributed by atoms with Gasteiger partial charge in [-0.15, -0.1) is 0 Å². The maximum atomic E-state index is 12.5. The van der Waals surface area contributed by atoms with Gasteiger partial charge in [-0.3, -0.25) is 14.6 Å². The number of fused-ring (bicyclic) bond motifs is 1. The van der Waals surface area contributed by atoms with Gasteiger partial charge in [-0.25, -0.2) is 0 Å². The fourth-order valence-electron chi connectivity index (χ4n) is 2.94. The lowest BCUT2D eigenvalue weighted by atomic mass is 9.77. The van der Waals surface area contributed by atoms with Crippen molar-refractivity contribution in [2.75, 3.05) is 12.4 Å². The smallest absolute Gasteiger partial charge is 0.315 e. The second kappa shape index (κ2) is 5.97. The van der Waals surface area contributed by atoms with Gasteiger partial charge in [0.05, 0.1) is 12.7 Å². The number of carbonyl (C=O) groups is 1. The van der Waals surface area contributed by atoms with Gasteiger partial charge in [0.2, 0.25) is 0 Å².